The molecule has 3 nitrogen and oxygen atoms in total. The van der Waals surface area contributed by atoms with E-state index in [9.17, 15) is 9.90 Å². The minimum atomic E-state index is -0.841. The van der Waals surface area contributed by atoms with Crippen molar-refractivity contribution in [2.45, 2.75) is 31.0 Å². The SMILES string of the molecule is O=C(O)C1(c2ccc(Cl)cc2)CC(OCc2ccccc2)C1. The van der Waals surface area contributed by atoms with Crippen LogP contribution in [0.2, 0.25) is 5.02 Å². The molecule has 0 spiro atoms. The number of halogens is 1. The third kappa shape index (κ3) is 2.87. The Bertz CT molecular complexity index is 646. The third-order valence-electron chi connectivity index (χ3n) is 4.29. The van der Waals surface area contributed by atoms with E-state index in [1.54, 1.807) is 24.3 Å². The molecule has 0 radical (unpaired) electrons. The summed E-state index contributed by atoms with van der Waals surface area (Å²) in [5.41, 5.74) is 1.05. The molecule has 2 aromatic rings. The molecule has 0 aromatic heterocycles. The average Bonchev–Trinajstić information content (AvgIpc) is 2.48. The first kappa shape index (κ1) is 15.1. The van der Waals surface area contributed by atoms with Gasteiger partial charge >= 0.3 is 5.97 Å². The van der Waals surface area contributed by atoms with Crippen LogP contribution in [0.15, 0.2) is 54.6 Å². The van der Waals surface area contributed by atoms with E-state index < -0.39 is 11.4 Å². The van der Waals surface area contributed by atoms with Crippen LogP contribution >= 0.6 is 11.6 Å². The molecule has 0 bridgehead atoms. The minimum Gasteiger partial charge on any atom is -0.481 e. The van der Waals surface area contributed by atoms with Crippen molar-refractivity contribution in [3.63, 3.8) is 0 Å². The highest BCUT2D eigenvalue weighted by atomic mass is 35.5. The fourth-order valence-corrected chi connectivity index (χ4v) is 3.05. The van der Waals surface area contributed by atoms with Crippen LogP contribution in [0, 0.1) is 0 Å². The molecule has 0 heterocycles. The fraction of sp³-hybridized carbons (Fsp3) is 0.278. The summed E-state index contributed by atoms with van der Waals surface area (Å²) in [6.45, 7) is 0.516. The van der Waals surface area contributed by atoms with Crippen molar-refractivity contribution in [3.8, 4) is 0 Å². The Kier molecular flexibility index (Phi) is 4.19. The highest BCUT2D eigenvalue weighted by Crippen LogP contribution is 2.46. The maximum atomic E-state index is 11.7. The summed E-state index contributed by atoms with van der Waals surface area (Å²) in [7, 11) is 0. The summed E-state index contributed by atoms with van der Waals surface area (Å²) < 4.78 is 5.83. The molecule has 114 valence electrons. The molecule has 4 heteroatoms. The van der Waals surface area contributed by atoms with E-state index in [0.717, 1.165) is 11.1 Å². The second-order valence-corrected chi connectivity index (χ2v) is 6.16. The van der Waals surface area contributed by atoms with Gasteiger partial charge in [-0.05, 0) is 36.1 Å². The van der Waals surface area contributed by atoms with Gasteiger partial charge in [0.1, 0.15) is 0 Å². The van der Waals surface area contributed by atoms with E-state index in [2.05, 4.69) is 0 Å². The zero-order valence-corrected chi connectivity index (χ0v) is 12.8. The summed E-state index contributed by atoms with van der Waals surface area (Å²) in [6, 6.07) is 17.0. The van der Waals surface area contributed by atoms with Gasteiger partial charge in [0.25, 0.3) is 0 Å². The Morgan fingerprint density at radius 3 is 2.36 bits per heavy atom. The van der Waals surface area contributed by atoms with Crippen LogP contribution in [-0.4, -0.2) is 17.2 Å². The van der Waals surface area contributed by atoms with Crippen LogP contribution in [0.25, 0.3) is 0 Å². The average molecular weight is 317 g/mol. The summed E-state index contributed by atoms with van der Waals surface area (Å²) in [6.07, 6.45) is 0.972. The monoisotopic (exact) mass is 316 g/mol. The number of aliphatic carboxylic acids is 1. The Morgan fingerprint density at radius 1 is 1.14 bits per heavy atom. The van der Waals surface area contributed by atoms with Crippen molar-refractivity contribution in [1.82, 2.24) is 0 Å². The second kappa shape index (κ2) is 6.11. The lowest BCUT2D eigenvalue weighted by molar-refractivity contribution is -0.156. The Hall–Kier alpha value is -1.84. The van der Waals surface area contributed by atoms with Crippen molar-refractivity contribution in [1.29, 1.82) is 0 Å². The summed E-state index contributed by atoms with van der Waals surface area (Å²) in [5, 5.41) is 10.2. The number of carbonyl (C=O) groups is 1. The van der Waals surface area contributed by atoms with Crippen molar-refractivity contribution < 1.29 is 14.6 Å². The molecule has 0 saturated heterocycles. The molecule has 22 heavy (non-hydrogen) atoms. The van der Waals surface area contributed by atoms with E-state index in [1.165, 1.54) is 0 Å². The summed E-state index contributed by atoms with van der Waals surface area (Å²) in [4.78, 5) is 11.7. The Balaban J connectivity index is 1.65. The van der Waals surface area contributed by atoms with E-state index in [0.29, 0.717) is 24.5 Å². The highest BCUT2D eigenvalue weighted by Gasteiger charge is 2.52. The van der Waals surface area contributed by atoms with Gasteiger partial charge < -0.3 is 9.84 Å². The van der Waals surface area contributed by atoms with Crippen LogP contribution in [0.1, 0.15) is 24.0 Å². The van der Waals surface area contributed by atoms with Crippen molar-refractivity contribution in [3.05, 3.63) is 70.7 Å². The minimum absolute atomic E-state index is 0.0213. The molecule has 1 aliphatic rings. The van der Waals surface area contributed by atoms with Gasteiger partial charge in [-0.15, -0.1) is 0 Å². The predicted octanol–water partition coefficient (Wildman–Crippen LogP) is 4.04. The third-order valence-corrected chi connectivity index (χ3v) is 4.54. The van der Waals surface area contributed by atoms with Gasteiger partial charge in [-0.1, -0.05) is 54.1 Å². The van der Waals surface area contributed by atoms with Crippen LogP contribution in [0.5, 0.6) is 0 Å². The number of carboxylic acid groups (broad SMARTS) is 1. The van der Waals surface area contributed by atoms with Crippen LogP contribution in [0.3, 0.4) is 0 Å². The summed E-state index contributed by atoms with van der Waals surface area (Å²) >= 11 is 5.88. The van der Waals surface area contributed by atoms with E-state index in [-0.39, 0.29) is 6.10 Å². The molecule has 0 unspecified atom stereocenters. The van der Waals surface area contributed by atoms with Gasteiger partial charge in [0.2, 0.25) is 0 Å². The van der Waals surface area contributed by atoms with E-state index in [1.807, 2.05) is 30.3 Å². The number of hydrogen-bond donors (Lipinski definition) is 1. The van der Waals surface area contributed by atoms with Crippen molar-refractivity contribution in [2.75, 3.05) is 0 Å². The van der Waals surface area contributed by atoms with Crippen LogP contribution < -0.4 is 0 Å². The molecular weight excluding hydrogens is 300 g/mol. The standard InChI is InChI=1S/C18H17ClO3/c19-15-8-6-14(7-9-15)18(17(20)21)10-16(11-18)22-12-13-4-2-1-3-5-13/h1-9,16H,10-12H2,(H,20,21). The lowest BCUT2D eigenvalue weighted by Gasteiger charge is -2.44. The Morgan fingerprint density at radius 2 is 1.77 bits per heavy atom. The fourth-order valence-electron chi connectivity index (χ4n) is 2.93. The highest BCUT2D eigenvalue weighted by molar-refractivity contribution is 6.30. The molecule has 3 rings (SSSR count). The molecule has 1 saturated carbocycles. The van der Waals surface area contributed by atoms with Crippen LogP contribution in [-0.2, 0) is 21.6 Å². The molecule has 0 aliphatic heterocycles. The Labute approximate surface area is 134 Å². The maximum absolute atomic E-state index is 11.7. The molecule has 1 aliphatic carbocycles. The summed E-state index contributed by atoms with van der Waals surface area (Å²) in [5.74, 6) is -0.797. The molecule has 2 aromatic carbocycles. The molecule has 0 amide bonds. The van der Waals surface area contributed by atoms with Gasteiger partial charge in [-0.3, -0.25) is 4.79 Å². The van der Waals surface area contributed by atoms with E-state index >= 15 is 0 Å². The number of benzene rings is 2. The van der Waals surface area contributed by atoms with Crippen molar-refractivity contribution >= 4 is 17.6 Å². The van der Waals surface area contributed by atoms with Gasteiger partial charge in [0.15, 0.2) is 0 Å². The predicted molar refractivity (Wildman–Crippen MR) is 85.0 cm³/mol. The lowest BCUT2D eigenvalue weighted by atomic mass is 9.62. The zero-order chi connectivity index (χ0) is 15.6. The molecular formula is C18H17ClO3. The van der Waals surface area contributed by atoms with Gasteiger partial charge in [-0.25, -0.2) is 0 Å². The molecule has 1 N–H and O–H groups in total. The zero-order valence-electron chi connectivity index (χ0n) is 12.0. The quantitative estimate of drug-likeness (QED) is 0.905. The van der Waals surface area contributed by atoms with Gasteiger partial charge in [-0.2, -0.15) is 0 Å². The first-order valence-corrected chi connectivity index (χ1v) is 7.63. The first-order chi connectivity index (χ1) is 10.6. The molecule has 0 atom stereocenters. The van der Waals surface area contributed by atoms with Crippen LogP contribution in [0.4, 0.5) is 0 Å². The number of ether oxygens (including phenoxy) is 1. The molecule has 1 fully saturated rings. The van der Waals surface area contributed by atoms with Crippen molar-refractivity contribution in [2.24, 2.45) is 0 Å². The number of hydrogen-bond acceptors (Lipinski definition) is 2. The second-order valence-electron chi connectivity index (χ2n) is 5.72. The van der Waals surface area contributed by atoms with E-state index in [4.69, 9.17) is 16.3 Å². The normalized spacial score (nSPS) is 23.8. The number of rotatable bonds is 5. The van der Waals surface area contributed by atoms with Gasteiger partial charge in [0, 0.05) is 5.02 Å². The number of carboxylic acids is 1. The smallest absolute Gasteiger partial charge is 0.314 e. The largest absolute Gasteiger partial charge is 0.481 e. The van der Waals surface area contributed by atoms with Gasteiger partial charge in [0.05, 0.1) is 18.1 Å². The maximum Gasteiger partial charge on any atom is 0.314 e. The lowest BCUT2D eigenvalue weighted by Crippen LogP contribution is -2.51. The topological polar surface area (TPSA) is 46.5 Å². The first-order valence-electron chi connectivity index (χ1n) is 7.25.